The van der Waals surface area contributed by atoms with Crippen molar-refractivity contribution in [3.8, 4) is 0 Å². The predicted molar refractivity (Wildman–Crippen MR) is 38.3 cm³/mol. The quantitative estimate of drug-likeness (QED) is 0.570. The first-order chi connectivity index (χ1) is 4.70. The van der Waals surface area contributed by atoms with Crippen LogP contribution in [0.2, 0.25) is 0 Å². The zero-order valence-electron chi connectivity index (χ0n) is 6.28. The number of pyridine rings is 1. The molecule has 0 aromatic carbocycles. The second-order valence-corrected chi connectivity index (χ2v) is 2.45. The topological polar surface area (TPSA) is 24.1 Å². The van der Waals surface area contributed by atoms with E-state index in [0.29, 0.717) is 0 Å². The van der Waals surface area contributed by atoms with Crippen LogP contribution in [0.5, 0.6) is 0 Å². The molecule has 0 saturated carbocycles. The van der Waals surface area contributed by atoms with Gasteiger partial charge in [-0.2, -0.15) is 4.57 Å². The summed E-state index contributed by atoms with van der Waals surface area (Å²) in [5.74, 6) is 0. The summed E-state index contributed by atoms with van der Waals surface area (Å²) in [5, 5.41) is 9.08. The highest BCUT2D eigenvalue weighted by molar-refractivity contribution is 5.03. The average molecular weight is 138 g/mol. The fourth-order valence-corrected chi connectivity index (χ4v) is 0.762. The molecule has 1 atom stereocenters. The van der Waals surface area contributed by atoms with Crippen molar-refractivity contribution in [2.45, 2.75) is 20.1 Å². The van der Waals surface area contributed by atoms with Gasteiger partial charge in [0, 0.05) is 19.1 Å². The van der Waals surface area contributed by atoms with Crippen LogP contribution in [-0.4, -0.2) is 5.11 Å². The molecule has 1 aromatic rings. The van der Waals surface area contributed by atoms with Crippen molar-refractivity contribution in [2.24, 2.45) is 0 Å². The van der Waals surface area contributed by atoms with E-state index in [1.807, 2.05) is 31.5 Å². The second kappa shape index (κ2) is 2.80. The van der Waals surface area contributed by atoms with E-state index in [0.717, 1.165) is 0 Å². The lowest BCUT2D eigenvalue weighted by Crippen LogP contribution is -2.36. The first-order valence-corrected chi connectivity index (χ1v) is 3.35. The minimum Gasteiger partial charge on any atom is -0.337 e. The van der Waals surface area contributed by atoms with Gasteiger partial charge in [-0.3, -0.25) is 0 Å². The number of aryl methyl sites for hydroxylation is 1. The third-order valence-corrected chi connectivity index (χ3v) is 1.45. The monoisotopic (exact) mass is 138 g/mol. The molecule has 1 N–H and O–H groups in total. The summed E-state index contributed by atoms with van der Waals surface area (Å²) >= 11 is 0. The van der Waals surface area contributed by atoms with Crippen molar-refractivity contribution in [3.63, 3.8) is 0 Å². The average Bonchev–Trinajstić information content (AvgIpc) is 1.88. The Hall–Kier alpha value is -0.890. The summed E-state index contributed by atoms with van der Waals surface area (Å²) in [6.07, 6.45) is 3.29. The molecule has 10 heavy (non-hydrogen) atoms. The van der Waals surface area contributed by atoms with Gasteiger partial charge in [-0.15, -0.1) is 0 Å². The first-order valence-electron chi connectivity index (χ1n) is 3.35. The summed E-state index contributed by atoms with van der Waals surface area (Å²) in [5.41, 5.74) is 1.21. The van der Waals surface area contributed by atoms with Gasteiger partial charge < -0.3 is 5.11 Å². The number of hydrogen-bond acceptors (Lipinski definition) is 1. The molecule has 0 aliphatic heterocycles. The Balaban J connectivity index is 2.89. The lowest BCUT2D eigenvalue weighted by atomic mass is 10.3. The van der Waals surface area contributed by atoms with E-state index in [9.17, 15) is 0 Å². The van der Waals surface area contributed by atoms with Crippen LogP contribution in [0.3, 0.4) is 0 Å². The highest BCUT2D eigenvalue weighted by Crippen LogP contribution is 1.92. The maximum atomic E-state index is 9.08. The molecule has 0 aliphatic rings. The molecular weight excluding hydrogens is 126 g/mol. The number of nitrogens with zero attached hydrogens (tertiary/aromatic N) is 1. The zero-order chi connectivity index (χ0) is 7.56. The van der Waals surface area contributed by atoms with E-state index in [4.69, 9.17) is 5.11 Å². The van der Waals surface area contributed by atoms with E-state index in [1.54, 1.807) is 11.5 Å². The molecular formula is C8H12NO+. The highest BCUT2D eigenvalue weighted by Gasteiger charge is 2.03. The number of hydrogen-bond donors (Lipinski definition) is 1. The fraction of sp³-hybridized carbons (Fsp3) is 0.375. The van der Waals surface area contributed by atoms with Gasteiger partial charge in [-0.25, -0.2) is 0 Å². The van der Waals surface area contributed by atoms with Crippen molar-refractivity contribution in [1.82, 2.24) is 0 Å². The Morgan fingerprint density at radius 2 is 1.90 bits per heavy atom. The standard InChI is InChI=1S/C8H12NO/c1-7-3-5-9(6-4-7)8(2)10/h3-6,8,10H,1-2H3/q+1. The summed E-state index contributed by atoms with van der Waals surface area (Å²) < 4.78 is 1.74. The number of aliphatic hydroxyl groups is 1. The van der Waals surface area contributed by atoms with Gasteiger partial charge in [0.2, 0.25) is 0 Å². The van der Waals surface area contributed by atoms with Crippen LogP contribution in [0.1, 0.15) is 18.7 Å². The molecule has 0 bridgehead atoms. The lowest BCUT2D eigenvalue weighted by Gasteiger charge is -1.97. The largest absolute Gasteiger partial charge is 0.337 e. The third-order valence-electron chi connectivity index (χ3n) is 1.45. The molecule has 0 spiro atoms. The molecule has 0 radical (unpaired) electrons. The van der Waals surface area contributed by atoms with E-state index in [-0.39, 0.29) is 0 Å². The van der Waals surface area contributed by atoms with Crippen LogP contribution in [0.4, 0.5) is 0 Å². The second-order valence-electron chi connectivity index (χ2n) is 2.45. The van der Waals surface area contributed by atoms with Crippen molar-refractivity contribution in [3.05, 3.63) is 30.1 Å². The van der Waals surface area contributed by atoms with Gasteiger partial charge >= 0.3 is 0 Å². The highest BCUT2D eigenvalue weighted by atomic mass is 16.3. The van der Waals surface area contributed by atoms with E-state index in [1.165, 1.54) is 5.56 Å². The Morgan fingerprint density at radius 1 is 1.40 bits per heavy atom. The minimum absolute atomic E-state index is 0.430. The molecule has 0 fully saturated rings. The van der Waals surface area contributed by atoms with Gasteiger partial charge in [-0.1, -0.05) is 0 Å². The van der Waals surface area contributed by atoms with E-state index >= 15 is 0 Å². The van der Waals surface area contributed by atoms with Crippen molar-refractivity contribution in [1.29, 1.82) is 0 Å². The summed E-state index contributed by atoms with van der Waals surface area (Å²) in [7, 11) is 0. The maximum absolute atomic E-state index is 9.08. The predicted octanol–water partition coefficient (Wildman–Crippen LogP) is 0.793. The van der Waals surface area contributed by atoms with Gasteiger partial charge in [-0.05, 0) is 12.5 Å². The molecule has 1 rings (SSSR count). The first kappa shape index (κ1) is 7.22. The molecule has 2 nitrogen and oxygen atoms in total. The number of aromatic nitrogens is 1. The van der Waals surface area contributed by atoms with E-state index < -0.39 is 6.23 Å². The Kier molecular flexibility index (Phi) is 2.02. The molecule has 1 unspecified atom stereocenters. The van der Waals surface area contributed by atoms with Crippen molar-refractivity contribution >= 4 is 0 Å². The van der Waals surface area contributed by atoms with Crippen molar-refractivity contribution in [2.75, 3.05) is 0 Å². The Bertz CT molecular complexity index is 203. The van der Waals surface area contributed by atoms with Crippen molar-refractivity contribution < 1.29 is 9.67 Å². The van der Waals surface area contributed by atoms with E-state index in [2.05, 4.69) is 0 Å². The molecule has 1 aromatic heterocycles. The van der Waals surface area contributed by atoms with Crippen LogP contribution >= 0.6 is 0 Å². The number of rotatable bonds is 1. The van der Waals surface area contributed by atoms with Crippen LogP contribution in [0, 0.1) is 6.92 Å². The van der Waals surface area contributed by atoms with Gasteiger partial charge in [0.15, 0.2) is 12.4 Å². The zero-order valence-corrected chi connectivity index (χ0v) is 6.28. The lowest BCUT2D eigenvalue weighted by molar-refractivity contribution is -0.755. The van der Waals surface area contributed by atoms with Crippen LogP contribution < -0.4 is 4.57 Å². The minimum atomic E-state index is -0.430. The maximum Gasteiger partial charge on any atom is 0.257 e. The van der Waals surface area contributed by atoms with Gasteiger partial charge in [0.05, 0.1) is 0 Å². The molecule has 0 saturated heterocycles. The molecule has 0 aliphatic carbocycles. The molecule has 1 heterocycles. The van der Waals surface area contributed by atoms with Gasteiger partial charge in [0.25, 0.3) is 6.23 Å². The summed E-state index contributed by atoms with van der Waals surface area (Å²) in [4.78, 5) is 0. The van der Waals surface area contributed by atoms with Crippen LogP contribution in [0.25, 0.3) is 0 Å². The number of aliphatic hydroxyl groups excluding tert-OH is 1. The normalized spacial score (nSPS) is 13.1. The fourth-order valence-electron chi connectivity index (χ4n) is 0.762. The third kappa shape index (κ3) is 1.54. The molecule has 2 heteroatoms. The molecule has 54 valence electrons. The van der Waals surface area contributed by atoms with Crippen LogP contribution in [-0.2, 0) is 0 Å². The summed E-state index contributed by atoms with van der Waals surface area (Å²) in [6, 6.07) is 3.93. The smallest absolute Gasteiger partial charge is 0.257 e. The van der Waals surface area contributed by atoms with Gasteiger partial charge in [0.1, 0.15) is 0 Å². The summed E-state index contributed by atoms with van der Waals surface area (Å²) in [6.45, 7) is 3.75. The SMILES string of the molecule is Cc1cc[n+](C(C)O)cc1. The molecule has 0 amide bonds. The Labute approximate surface area is 60.8 Å². The Morgan fingerprint density at radius 3 is 2.30 bits per heavy atom. The van der Waals surface area contributed by atoms with Crippen LogP contribution in [0.15, 0.2) is 24.5 Å².